The first kappa shape index (κ1) is 11.1. The van der Waals surface area contributed by atoms with Gasteiger partial charge in [0, 0.05) is 0 Å². The van der Waals surface area contributed by atoms with E-state index in [4.69, 9.17) is 16.3 Å². The van der Waals surface area contributed by atoms with Gasteiger partial charge < -0.3 is 4.74 Å². The molecule has 0 amide bonds. The van der Waals surface area contributed by atoms with Crippen LogP contribution in [0.1, 0.15) is 18.4 Å². The van der Waals surface area contributed by atoms with Gasteiger partial charge in [-0.05, 0) is 25.0 Å². The summed E-state index contributed by atoms with van der Waals surface area (Å²) in [6.45, 7) is 0. The molecular weight excluding hydrogens is 233 g/mol. The third kappa shape index (κ3) is 1.60. The fraction of sp³-hybridized carbons (Fsp3) is 0.364. The highest BCUT2D eigenvalue weighted by Crippen LogP contribution is 2.54. The van der Waals surface area contributed by atoms with Crippen LogP contribution in [0, 0.1) is 5.82 Å². The second kappa shape index (κ2) is 3.89. The number of nitrogens with zero attached hydrogens (tertiary/aromatic N) is 1. The highest BCUT2D eigenvalue weighted by molar-refractivity contribution is 6.32. The molecule has 1 aromatic rings. The molecule has 84 valence electrons. The van der Waals surface area contributed by atoms with Crippen LogP contribution in [0.4, 0.5) is 4.39 Å². The number of carbonyl (C=O) groups excluding carboxylic acids is 1. The van der Waals surface area contributed by atoms with Crippen LogP contribution in [0.2, 0.25) is 5.02 Å². The van der Waals surface area contributed by atoms with Gasteiger partial charge in [-0.3, -0.25) is 0 Å². The van der Waals surface area contributed by atoms with Crippen molar-refractivity contribution in [1.29, 1.82) is 0 Å². The largest absolute Gasteiger partial charge is 0.495 e. The van der Waals surface area contributed by atoms with Gasteiger partial charge in [0.2, 0.25) is 6.08 Å². The molecule has 0 unspecified atom stereocenters. The Morgan fingerprint density at radius 3 is 2.75 bits per heavy atom. The van der Waals surface area contributed by atoms with Gasteiger partial charge in [0.1, 0.15) is 17.1 Å². The van der Waals surface area contributed by atoms with Crippen molar-refractivity contribution < 1.29 is 13.9 Å². The third-order valence-corrected chi connectivity index (χ3v) is 3.01. The van der Waals surface area contributed by atoms with Crippen LogP contribution >= 0.6 is 11.6 Å². The van der Waals surface area contributed by atoms with Crippen LogP contribution < -0.4 is 4.74 Å². The van der Waals surface area contributed by atoms with Crippen molar-refractivity contribution in [3.05, 3.63) is 28.5 Å². The maximum Gasteiger partial charge on any atom is 0.235 e. The van der Waals surface area contributed by atoms with E-state index in [1.54, 1.807) is 0 Å². The van der Waals surface area contributed by atoms with Gasteiger partial charge in [-0.1, -0.05) is 11.6 Å². The average molecular weight is 242 g/mol. The lowest BCUT2D eigenvalue weighted by atomic mass is 10.0. The predicted molar refractivity (Wildman–Crippen MR) is 57.0 cm³/mol. The van der Waals surface area contributed by atoms with Crippen LogP contribution in [0.15, 0.2) is 17.1 Å². The first-order valence-corrected chi connectivity index (χ1v) is 5.14. The molecule has 0 atom stereocenters. The van der Waals surface area contributed by atoms with E-state index in [1.165, 1.54) is 25.3 Å². The zero-order chi connectivity index (χ0) is 11.8. The van der Waals surface area contributed by atoms with Crippen LogP contribution in [-0.2, 0) is 10.3 Å². The molecule has 0 N–H and O–H groups in total. The fourth-order valence-electron chi connectivity index (χ4n) is 1.79. The number of rotatable bonds is 3. The van der Waals surface area contributed by atoms with Gasteiger partial charge in [0.05, 0.1) is 17.7 Å². The Bertz CT molecular complexity index is 479. The van der Waals surface area contributed by atoms with E-state index >= 15 is 0 Å². The Morgan fingerprint density at radius 1 is 1.56 bits per heavy atom. The minimum atomic E-state index is -0.817. The molecule has 16 heavy (non-hydrogen) atoms. The molecule has 0 aromatic heterocycles. The van der Waals surface area contributed by atoms with Gasteiger partial charge in [-0.15, -0.1) is 0 Å². The third-order valence-electron chi connectivity index (χ3n) is 2.71. The van der Waals surface area contributed by atoms with Crippen molar-refractivity contribution in [2.24, 2.45) is 4.99 Å². The zero-order valence-electron chi connectivity index (χ0n) is 8.59. The van der Waals surface area contributed by atoms with Crippen molar-refractivity contribution >= 4 is 17.7 Å². The Morgan fingerprint density at radius 2 is 2.25 bits per heavy atom. The molecule has 2 rings (SSSR count). The summed E-state index contributed by atoms with van der Waals surface area (Å²) in [4.78, 5) is 14.0. The van der Waals surface area contributed by atoms with Crippen molar-refractivity contribution in [3.8, 4) is 5.75 Å². The first-order valence-electron chi connectivity index (χ1n) is 4.76. The molecule has 1 aromatic carbocycles. The molecule has 0 radical (unpaired) electrons. The SMILES string of the molecule is COc1c(Cl)ccc(F)c1C1(N=C=O)CC1. The number of ether oxygens (including phenoxy) is 1. The molecule has 0 heterocycles. The van der Waals surface area contributed by atoms with Gasteiger partial charge in [0.25, 0.3) is 0 Å². The van der Waals surface area contributed by atoms with Crippen LogP contribution in [0.5, 0.6) is 5.75 Å². The van der Waals surface area contributed by atoms with Crippen LogP contribution in [0.25, 0.3) is 0 Å². The van der Waals surface area contributed by atoms with Crippen LogP contribution in [0.3, 0.4) is 0 Å². The summed E-state index contributed by atoms with van der Waals surface area (Å²) >= 11 is 5.90. The molecule has 1 aliphatic carbocycles. The Hall–Kier alpha value is -1.38. The molecule has 0 spiro atoms. The summed E-state index contributed by atoms with van der Waals surface area (Å²) in [5.41, 5.74) is -0.562. The van der Waals surface area contributed by atoms with E-state index < -0.39 is 11.4 Å². The van der Waals surface area contributed by atoms with E-state index in [9.17, 15) is 9.18 Å². The molecular formula is C11H9ClFNO2. The van der Waals surface area contributed by atoms with Gasteiger partial charge in [0.15, 0.2) is 0 Å². The molecule has 0 aliphatic heterocycles. The lowest BCUT2D eigenvalue weighted by molar-refractivity contribution is 0.397. The maximum atomic E-state index is 13.7. The first-order chi connectivity index (χ1) is 7.64. The van der Waals surface area contributed by atoms with E-state index in [2.05, 4.69) is 4.99 Å². The molecule has 3 nitrogen and oxygen atoms in total. The lowest BCUT2D eigenvalue weighted by Crippen LogP contribution is -2.08. The lowest BCUT2D eigenvalue weighted by Gasteiger charge is -2.15. The van der Waals surface area contributed by atoms with Gasteiger partial charge in [-0.2, -0.15) is 4.99 Å². The number of methoxy groups -OCH3 is 1. The summed E-state index contributed by atoms with van der Waals surface area (Å²) in [6, 6.07) is 2.67. The minimum Gasteiger partial charge on any atom is -0.495 e. The molecule has 1 fully saturated rings. The summed E-state index contributed by atoms with van der Waals surface area (Å²) < 4.78 is 18.8. The highest BCUT2D eigenvalue weighted by Gasteiger charge is 2.49. The molecule has 1 aliphatic rings. The maximum absolute atomic E-state index is 13.7. The summed E-state index contributed by atoms with van der Waals surface area (Å²) in [5, 5.41) is 0.311. The fourth-order valence-corrected chi connectivity index (χ4v) is 2.02. The van der Waals surface area contributed by atoms with Crippen molar-refractivity contribution in [2.45, 2.75) is 18.4 Å². The second-order valence-electron chi connectivity index (χ2n) is 3.67. The standard InChI is InChI=1S/C11H9ClFNO2/c1-16-10-7(12)2-3-8(13)9(10)11(4-5-11)14-6-15/h2-3H,4-5H2,1H3. The number of hydrogen-bond acceptors (Lipinski definition) is 3. The van der Waals surface area contributed by atoms with E-state index in [1.807, 2.05) is 0 Å². The second-order valence-corrected chi connectivity index (χ2v) is 4.08. The summed E-state index contributed by atoms with van der Waals surface area (Å²) in [7, 11) is 1.41. The van der Waals surface area contributed by atoms with Crippen molar-refractivity contribution in [3.63, 3.8) is 0 Å². The number of halogens is 2. The molecule has 5 heteroatoms. The quantitative estimate of drug-likeness (QED) is 0.603. The number of aliphatic imine (C=N–C) groups is 1. The van der Waals surface area contributed by atoms with Crippen molar-refractivity contribution in [2.75, 3.05) is 7.11 Å². The monoisotopic (exact) mass is 241 g/mol. The molecule has 0 saturated heterocycles. The average Bonchev–Trinajstić information content (AvgIpc) is 3.02. The topological polar surface area (TPSA) is 38.7 Å². The van der Waals surface area contributed by atoms with E-state index in [-0.39, 0.29) is 11.3 Å². The Labute approximate surface area is 96.9 Å². The van der Waals surface area contributed by atoms with E-state index in [0.29, 0.717) is 17.9 Å². The van der Waals surface area contributed by atoms with E-state index in [0.717, 1.165) is 0 Å². The number of benzene rings is 1. The summed E-state index contributed by atoms with van der Waals surface area (Å²) in [6.07, 6.45) is 2.69. The smallest absolute Gasteiger partial charge is 0.235 e. The Kier molecular flexibility index (Phi) is 2.70. The predicted octanol–water partition coefficient (Wildman–Crippen LogP) is 2.81. The minimum absolute atomic E-state index is 0.248. The Balaban J connectivity index is 2.63. The van der Waals surface area contributed by atoms with Crippen LogP contribution in [-0.4, -0.2) is 13.2 Å². The number of hydrogen-bond donors (Lipinski definition) is 0. The zero-order valence-corrected chi connectivity index (χ0v) is 9.34. The normalized spacial score (nSPS) is 16.4. The van der Waals surface area contributed by atoms with Gasteiger partial charge >= 0.3 is 0 Å². The highest BCUT2D eigenvalue weighted by atomic mass is 35.5. The number of isocyanates is 1. The van der Waals surface area contributed by atoms with Crippen molar-refractivity contribution in [1.82, 2.24) is 0 Å². The summed E-state index contributed by atoms with van der Waals surface area (Å²) in [5.74, 6) is -0.212. The molecule has 1 saturated carbocycles. The van der Waals surface area contributed by atoms with Gasteiger partial charge in [-0.25, -0.2) is 9.18 Å². The molecule has 0 bridgehead atoms.